The van der Waals surface area contributed by atoms with E-state index in [-0.39, 0.29) is 18.3 Å². The van der Waals surface area contributed by atoms with E-state index in [0.717, 1.165) is 0 Å². The van der Waals surface area contributed by atoms with Crippen molar-refractivity contribution in [2.24, 2.45) is 0 Å². The van der Waals surface area contributed by atoms with E-state index < -0.39 is 17.3 Å². The lowest BCUT2D eigenvalue weighted by atomic mass is 9.88. The molecule has 1 aliphatic heterocycles. The molecule has 0 aromatic heterocycles. The highest BCUT2D eigenvalue weighted by Gasteiger charge is 2.40. The number of anilines is 2. The lowest BCUT2D eigenvalue weighted by Gasteiger charge is -2.37. The summed E-state index contributed by atoms with van der Waals surface area (Å²) in [5.74, 6) is -1.54. The van der Waals surface area contributed by atoms with Gasteiger partial charge in [-0.05, 0) is 48.5 Å². The molecule has 1 fully saturated rings. The van der Waals surface area contributed by atoms with Crippen LogP contribution in [0.5, 0.6) is 0 Å². The first kappa shape index (κ1) is 19.8. The van der Waals surface area contributed by atoms with Gasteiger partial charge in [0.15, 0.2) is 0 Å². The third-order valence-corrected chi connectivity index (χ3v) is 4.55. The largest absolute Gasteiger partial charge is 0.381 e. The number of halogens is 2. The minimum atomic E-state index is -0.952. The summed E-state index contributed by atoms with van der Waals surface area (Å²) < 4.78 is 31.4. The molecule has 0 bridgehead atoms. The Morgan fingerprint density at radius 3 is 2.00 bits per heavy atom. The first-order valence-electron chi connectivity index (χ1n) is 8.92. The molecule has 1 heterocycles. The zero-order valence-electron chi connectivity index (χ0n) is 15.1. The minimum absolute atomic E-state index is 0.232. The Bertz CT molecular complexity index is 820. The second kappa shape index (κ2) is 8.79. The fourth-order valence-corrected chi connectivity index (χ4v) is 3.01. The van der Waals surface area contributed by atoms with Crippen molar-refractivity contribution < 1.29 is 23.1 Å². The Labute approximate surface area is 161 Å². The van der Waals surface area contributed by atoms with Gasteiger partial charge in [-0.3, -0.25) is 9.59 Å². The molecule has 3 N–H and O–H groups in total. The number of carbonyl (C=O) groups excluding carboxylic acids is 2. The molecule has 8 heteroatoms. The molecule has 0 aliphatic carbocycles. The van der Waals surface area contributed by atoms with Crippen LogP contribution in [0, 0.1) is 11.6 Å². The zero-order valence-corrected chi connectivity index (χ0v) is 15.1. The maximum atomic E-state index is 13.1. The van der Waals surface area contributed by atoms with Gasteiger partial charge in [-0.15, -0.1) is 0 Å². The van der Waals surface area contributed by atoms with E-state index >= 15 is 0 Å². The summed E-state index contributed by atoms with van der Waals surface area (Å²) in [4.78, 5) is 24.9. The third-order valence-electron chi connectivity index (χ3n) is 4.55. The van der Waals surface area contributed by atoms with Crippen molar-refractivity contribution in [2.75, 3.05) is 30.4 Å². The van der Waals surface area contributed by atoms with Crippen LogP contribution in [0.2, 0.25) is 0 Å². The smallest absolute Gasteiger partial charge is 0.246 e. The molecular formula is C20H21F2N3O3. The van der Waals surface area contributed by atoms with E-state index in [1.807, 2.05) is 0 Å². The van der Waals surface area contributed by atoms with E-state index in [1.54, 1.807) is 12.1 Å². The number of hydrogen-bond acceptors (Lipinski definition) is 4. The fourth-order valence-electron chi connectivity index (χ4n) is 3.01. The van der Waals surface area contributed by atoms with Gasteiger partial charge < -0.3 is 20.7 Å². The molecule has 3 rings (SSSR count). The minimum Gasteiger partial charge on any atom is -0.381 e. The summed E-state index contributed by atoms with van der Waals surface area (Å²) >= 11 is 0. The monoisotopic (exact) mass is 389 g/mol. The Balaban J connectivity index is 1.61. The zero-order chi connectivity index (χ0) is 20.0. The summed E-state index contributed by atoms with van der Waals surface area (Å²) in [6.45, 7) is 0.552. The van der Waals surface area contributed by atoms with Crippen LogP contribution in [-0.4, -0.2) is 37.1 Å². The number of benzene rings is 2. The van der Waals surface area contributed by atoms with Gasteiger partial charge >= 0.3 is 0 Å². The lowest BCUT2D eigenvalue weighted by Crippen LogP contribution is -2.56. The maximum absolute atomic E-state index is 13.1. The van der Waals surface area contributed by atoms with E-state index in [1.165, 1.54) is 36.4 Å². The van der Waals surface area contributed by atoms with Crippen molar-refractivity contribution in [1.82, 2.24) is 5.32 Å². The van der Waals surface area contributed by atoms with Gasteiger partial charge in [-0.25, -0.2) is 8.78 Å². The maximum Gasteiger partial charge on any atom is 0.246 e. The highest BCUT2D eigenvalue weighted by molar-refractivity contribution is 5.97. The standard InChI is InChI=1S/C20H21F2N3O3/c21-14-1-5-16(6-2-14)24-18(26)13-23-19(27)20(9-11-28-12-10-20)25-17-7-3-15(22)4-8-17/h1-8,25H,9-13H2,(H,23,27)(H,24,26). The summed E-state index contributed by atoms with van der Waals surface area (Å²) in [6.07, 6.45) is 0.825. The Kier molecular flexibility index (Phi) is 6.20. The van der Waals surface area contributed by atoms with Gasteiger partial charge in [0.05, 0.1) is 6.54 Å². The number of rotatable bonds is 6. The summed E-state index contributed by atoms with van der Waals surface area (Å²) in [5.41, 5.74) is 0.0896. The van der Waals surface area contributed by atoms with Gasteiger partial charge in [-0.2, -0.15) is 0 Å². The van der Waals surface area contributed by atoms with Gasteiger partial charge in [-0.1, -0.05) is 0 Å². The Hall–Kier alpha value is -3.00. The Morgan fingerprint density at radius 2 is 1.43 bits per heavy atom. The Morgan fingerprint density at radius 1 is 0.893 bits per heavy atom. The predicted molar refractivity (Wildman–Crippen MR) is 101 cm³/mol. The van der Waals surface area contributed by atoms with Crippen LogP contribution in [0.1, 0.15) is 12.8 Å². The SMILES string of the molecule is O=C(CNC(=O)C1(Nc2ccc(F)cc2)CCOCC1)Nc1ccc(F)cc1. The summed E-state index contributed by atoms with van der Waals surface area (Å²) in [7, 11) is 0. The van der Waals surface area contributed by atoms with E-state index in [0.29, 0.717) is 37.4 Å². The molecule has 0 radical (unpaired) electrons. The van der Waals surface area contributed by atoms with Crippen molar-refractivity contribution in [1.29, 1.82) is 0 Å². The molecule has 1 saturated heterocycles. The van der Waals surface area contributed by atoms with Crippen LogP contribution in [-0.2, 0) is 14.3 Å². The molecule has 1 aliphatic rings. The van der Waals surface area contributed by atoms with Crippen molar-refractivity contribution in [3.05, 3.63) is 60.2 Å². The predicted octanol–water partition coefficient (Wildman–Crippen LogP) is 2.68. The number of hydrogen-bond donors (Lipinski definition) is 3. The summed E-state index contributed by atoms with van der Waals surface area (Å²) in [6, 6.07) is 11.1. The topological polar surface area (TPSA) is 79.5 Å². The van der Waals surface area contributed by atoms with Crippen LogP contribution in [0.25, 0.3) is 0 Å². The van der Waals surface area contributed by atoms with Crippen LogP contribution >= 0.6 is 0 Å². The molecule has 148 valence electrons. The molecule has 0 spiro atoms. The van der Waals surface area contributed by atoms with Crippen molar-refractivity contribution in [2.45, 2.75) is 18.4 Å². The number of ether oxygens (including phenoxy) is 1. The molecule has 0 unspecified atom stereocenters. The molecule has 2 aromatic carbocycles. The van der Waals surface area contributed by atoms with Crippen LogP contribution < -0.4 is 16.0 Å². The van der Waals surface area contributed by atoms with Crippen LogP contribution in [0.3, 0.4) is 0 Å². The molecule has 6 nitrogen and oxygen atoms in total. The normalized spacial score (nSPS) is 15.5. The molecular weight excluding hydrogens is 368 g/mol. The van der Waals surface area contributed by atoms with Gasteiger partial charge in [0.1, 0.15) is 17.2 Å². The molecule has 0 saturated carbocycles. The number of nitrogens with one attached hydrogen (secondary N) is 3. The highest BCUT2D eigenvalue weighted by Crippen LogP contribution is 2.26. The second-order valence-electron chi connectivity index (χ2n) is 6.56. The highest BCUT2D eigenvalue weighted by atomic mass is 19.1. The average Bonchev–Trinajstić information content (AvgIpc) is 2.70. The van der Waals surface area contributed by atoms with Gasteiger partial charge in [0.2, 0.25) is 11.8 Å². The first-order valence-corrected chi connectivity index (χ1v) is 8.92. The van der Waals surface area contributed by atoms with Gasteiger partial charge in [0.25, 0.3) is 0 Å². The lowest BCUT2D eigenvalue weighted by molar-refractivity contribution is -0.130. The summed E-state index contributed by atoms with van der Waals surface area (Å²) in [5, 5.41) is 8.40. The van der Waals surface area contributed by atoms with Crippen LogP contribution in [0.15, 0.2) is 48.5 Å². The van der Waals surface area contributed by atoms with Gasteiger partial charge in [0, 0.05) is 37.4 Å². The fraction of sp³-hybridized carbons (Fsp3) is 0.300. The molecule has 2 amide bonds. The van der Waals surface area contributed by atoms with E-state index in [9.17, 15) is 18.4 Å². The molecule has 2 aromatic rings. The van der Waals surface area contributed by atoms with Crippen LogP contribution in [0.4, 0.5) is 20.2 Å². The first-order chi connectivity index (χ1) is 13.5. The van der Waals surface area contributed by atoms with Crippen molar-refractivity contribution in [3.63, 3.8) is 0 Å². The second-order valence-corrected chi connectivity index (χ2v) is 6.56. The number of carbonyl (C=O) groups is 2. The number of amides is 2. The molecule has 0 atom stereocenters. The quantitative estimate of drug-likeness (QED) is 0.710. The van der Waals surface area contributed by atoms with Crippen molar-refractivity contribution >= 4 is 23.2 Å². The van der Waals surface area contributed by atoms with E-state index in [2.05, 4.69) is 16.0 Å². The van der Waals surface area contributed by atoms with Crippen molar-refractivity contribution in [3.8, 4) is 0 Å². The molecule has 28 heavy (non-hydrogen) atoms. The third kappa shape index (κ3) is 5.04. The van der Waals surface area contributed by atoms with E-state index in [4.69, 9.17) is 4.74 Å². The average molecular weight is 389 g/mol.